The van der Waals surface area contributed by atoms with E-state index in [4.69, 9.17) is 5.73 Å². The molecule has 1 aromatic rings. The van der Waals surface area contributed by atoms with Gasteiger partial charge >= 0.3 is 5.97 Å². The molecule has 70 valence electrons. The Labute approximate surface area is 78.5 Å². The molecule has 5 nitrogen and oxygen atoms in total. The van der Waals surface area contributed by atoms with Gasteiger partial charge in [-0.15, -0.1) is 11.3 Å². The van der Waals surface area contributed by atoms with E-state index in [2.05, 4.69) is 9.72 Å². The van der Waals surface area contributed by atoms with Crippen LogP contribution >= 0.6 is 11.3 Å². The Kier molecular flexibility index (Phi) is 3.39. The Morgan fingerprint density at radius 2 is 2.54 bits per heavy atom. The predicted molar refractivity (Wildman–Crippen MR) is 47.3 cm³/mol. The maximum Gasteiger partial charge on any atom is 0.371 e. The third-order valence-corrected chi connectivity index (χ3v) is 1.99. The van der Waals surface area contributed by atoms with E-state index in [0.29, 0.717) is 11.6 Å². The van der Waals surface area contributed by atoms with E-state index in [1.54, 1.807) is 5.38 Å². The molecule has 0 atom stereocenters. The highest BCUT2D eigenvalue weighted by molar-refractivity contribution is 7.13. The highest BCUT2D eigenvalue weighted by atomic mass is 32.1. The summed E-state index contributed by atoms with van der Waals surface area (Å²) >= 11 is 1.33. The number of ether oxygens (including phenoxy) is 1. The first-order valence-electron chi connectivity index (χ1n) is 3.54. The fourth-order valence-corrected chi connectivity index (χ4v) is 1.32. The number of nitrogen functional groups attached to an aromatic ring is 1. The van der Waals surface area contributed by atoms with E-state index in [1.165, 1.54) is 11.3 Å². The largest absolute Gasteiger partial charge is 0.460 e. The fraction of sp³-hybridized carbons (Fsp3) is 0.286. The number of carbonyl (C=O) groups is 2. The number of thiazole rings is 1. The highest BCUT2D eigenvalue weighted by Crippen LogP contribution is 2.11. The van der Waals surface area contributed by atoms with Crippen molar-refractivity contribution in [2.24, 2.45) is 0 Å². The molecule has 0 saturated heterocycles. The SMILES string of the molecule is Nc1nc(CCOC(=O)C=O)cs1. The molecular weight excluding hydrogens is 192 g/mol. The molecule has 2 N–H and O–H groups in total. The third kappa shape index (κ3) is 3.20. The van der Waals surface area contributed by atoms with Crippen LogP contribution in [0.2, 0.25) is 0 Å². The molecule has 0 bridgehead atoms. The molecule has 0 radical (unpaired) electrons. The molecule has 1 aromatic heterocycles. The number of esters is 1. The molecule has 0 aliphatic rings. The zero-order chi connectivity index (χ0) is 9.68. The van der Waals surface area contributed by atoms with E-state index in [-0.39, 0.29) is 12.9 Å². The smallest absolute Gasteiger partial charge is 0.371 e. The number of aldehydes is 1. The van der Waals surface area contributed by atoms with Crippen LogP contribution in [0, 0.1) is 0 Å². The average Bonchev–Trinajstić information content (AvgIpc) is 2.51. The van der Waals surface area contributed by atoms with Gasteiger partial charge in [-0.1, -0.05) is 0 Å². The van der Waals surface area contributed by atoms with Crippen LogP contribution in [0.25, 0.3) is 0 Å². The van der Waals surface area contributed by atoms with E-state index in [0.717, 1.165) is 5.69 Å². The fourth-order valence-electron chi connectivity index (χ4n) is 0.728. The van der Waals surface area contributed by atoms with Gasteiger partial charge in [-0.05, 0) is 0 Å². The first-order chi connectivity index (χ1) is 6.22. The Morgan fingerprint density at radius 1 is 1.77 bits per heavy atom. The molecule has 0 aromatic carbocycles. The quantitative estimate of drug-likeness (QED) is 0.420. The van der Waals surface area contributed by atoms with Gasteiger partial charge in [-0.3, -0.25) is 4.79 Å². The van der Waals surface area contributed by atoms with Crippen molar-refractivity contribution in [2.45, 2.75) is 6.42 Å². The van der Waals surface area contributed by atoms with Crippen LogP contribution in [0.3, 0.4) is 0 Å². The topological polar surface area (TPSA) is 82.3 Å². The Morgan fingerprint density at radius 3 is 3.08 bits per heavy atom. The minimum atomic E-state index is -0.858. The summed E-state index contributed by atoms with van der Waals surface area (Å²) in [5, 5.41) is 2.26. The number of hydrogen-bond donors (Lipinski definition) is 1. The number of nitrogens with zero attached hydrogens (tertiary/aromatic N) is 1. The van der Waals surface area contributed by atoms with E-state index in [1.807, 2.05) is 0 Å². The molecule has 13 heavy (non-hydrogen) atoms. The summed E-state index contributed by atoms with van der Waals surface area (Å²) in [5.41, 5.74) is 6.14. The van der Waals surface area contributed by atoms with Crippen molar-refractivity contribution in [3.05, 3.63) is 11.1 Å². The Bertz CT molecular complexity index is 310. The van der Waals surface area contributed by atoms with Gasteiger partial charge in [0.2, 0.25) is 6.29 Å². The number of anilines is 1. The van der Waals surface area contributed by atoms with Crippen molar-refractivity contribution in [1.82, 2.24) is 4.98 Å². The van der Waals surface area contributed by atoms with Gasteiger partial charge in [0.25, 0.3) is 0 Å². The van der Waals surface area contributed by atoms with Crippen LogP contribution in [-0.2, 0) is 20.7 Å². The summed E-state index contributed by atoms with van der Waals surface area (Å²) in [6.07, 6.45) is 0.614. The third-order valence-electron chi connectivity index (χ3n) is 1.27. The number of nitrogens with two attached hydrogens (primary N) is 1. The standard InChI is InChI=1S/C7H8N2O3S/c8-7-9-5(4-13-7)1-2-12-6(11)3-10/h3-4H,1-2H2,(H2,8,9). The first kappa shape index (κ1) is 9.66. The molecule has 1 heterocycles. The van der Waals surface area contributed by atoms with Crippen molar-refractivity contribution in [3.63, 3.8) is 0 Å². The van der Waals surface area contributed by atoms with Crippen molar-refractivity contribution in [3.8, 4) is 0 Å². The lowest BCUT2D eigenvalue weighted by Crippen LogP contribution is -2.08. The lowest BCUT2D eigenvalue weighted by molar-refractivity contribution is -0.148. The summed E-state index contributed by atoms with van der Waals surface area (Å²) in [5.74, 6) is -0.858. The van der Waals surface area contributed by atoms with Gasteiger partial charge in [0, 0.05) is 11.8 Å². The van der Waals surface area contributed by atoms with Gasteiger partial charge < -0.3 is 10.5 Å². The second-order valence-electron chi connectivity index (χ2n) is 2.21. The molecule has 0 aliphatic heterocycles. The van der Waals surface area contributed by atoms with E-state index < -0.39 is 5.97 Å². The van der Waals surface area contributed by atoms with Gasteiger partial charge in [0.05, 0.1) is 12.3 Å². The first-order valence-corrected chi connectivity index (χ1v) is 4.42. The lowest BCUT2D eigenvalue weighted by Gasteiger charge is -1.96. The molecule has 0 unspecified atom stereocenters. The molecule has 1 rings (SSSR count). The Hall–Kier alpha value is -1.43. The molecule has 6 heteroatoms. The van der Waals surface area contributed by atoms with Crippen LogP contribution in [0.1, 0.15) is 5.69 Å². The number of rotatable bonds is 4. The zero-order valence-electron chi connectivity index (χ0n) is 6.73. The minimum Gasteiger partial charge on any atom is -0.460 e. The van der Waals surface area contributed by atoms with Crippen molar-refractivity contribution < 1.29 is 14.3 Å². The highest BCUT2D eigenvalue weighted by Gasteiger charge is 2.01. The van der Waals surface area contributed by atoms with Gasteiger partial charge in [0.15, 0.2) is 5.13 Å². The van der Waals surface area contributed by atoms with Gasteiger partial charge in [-0.2, -0.15) is 0 Å². The van der Waals surface area contributed by atoms with Gasteiger partial charge in [0.1, 0.15) is 0 Å². The summed E-state index contributed by atoms with van der Waals surface area (Å²) < 4.78 is 4.52. The molecule has 0 amide bonds. The molecule has 0 aliphatic carbocycles. The molecule has 0 spiro atoms. The van der Waals surface area contributed by atoms with Crippen LogP contribution in [0.4, 0.5) is 5.13 Å². The predicted octanol–water partition coefficient (Wildman–Crippen LogP) is 0.00990. The monoisotopic (exact) mass is 200 g/mol. The maximum atomic E-state index is 10.4. The number of hydrogen-bond acceptors (Lipinski definition) is 6. The Balaban J connectivity index is 2.27. The minimum absolute atomic E-state index is 0.134. The summed E-state index contributed by atoms with van der Waals surface area (Å²) in [6, 6.07) is 0. The van der Waals surface area contributed by atoms with Crippen molar-refractivity contribution >= 4 is 28.7 Å². The number of carbonyl (C=O) groups excluding carboxylic acids is 2. The summed E-state index contributed by atoms with van der Waals surface area (Å²) in [6.45, 7) is 0.154. The van der Waals surface area contributed by atoms with Crippen LogP contribution < -0.4 is 5.73 Å². The maximum absolute atomic E-state index is 10.4. The molecular formula is C7H8N2O3S. The average molecular weight is 200 g/mol. The lowest BCUT2D eigenvalue weighted by atomic mass is 10.4. The van der Waals surface area contributed by atoms with Crippen LogP contribution in [0.15, 0.2) is 5.38 Å². The zero-order valence-corrected chi connectivity index (χ0v) is 7.54. The van der Waals surface area contributed by atoms with Crippen molar-refractivity contribution in [1.29, 1.82) is 0 Å². The van der Waals surface area contributed by atoms with E-state index in [9.17, 15) is 9.59 Å². The van der Waals surface area contributed by atoms with Gasteiger partial charge in [-0.25, -0.2) is 9.78 Å². The van der Waals surface area contributed by atoms with E-state index >= 15 is 0 Å². The summed E-state index contributed by atoms with van der Waals surface area (Å²) in [4.78, 5) is 24.2. The van der Waals surface area contributed by atoms with Crippen LogP contribution in [0.5, 0.6) is 0 Å². The molecule has 0 fully saturated rings. The van der Waals surface area contributed by atoms with Crippen LogP contribution in [-0.4, -0.2) is 23.8 Å². The summed E-state index contributed by atoms with van der Waals surface area (Å²) in [7, 11) is 0. The van der Waals surface area contributed by atoms with Crippen molar-refractivity contribution in [2.75, 3.05) is 12.3 Å². The second-order valence-corrected chi connectivity index (χ2v) is 3.10. The number of aromatic nitrogens is 1. The second kappa shape index (κ2) is 4.56. The normalized spacial score (nSPS) is 9.54. The molecule has 0 saturated carbocycles.